The average Bonchev–Trinajstić information content (AvgIpc) is 2.26. The van der Waals surface area contributed by atoms with Crippen molar-refractivity contribution in [1.29, 1.82) is 0 Å². The number of carbonyl (C=O) groups excluding carboxylic acids is 1. The molecule has 0 spiro atoms. The van der Waals surface area contributed by atoms with E-state index in [9.17, 15) is 9.18 Å². The highest BCUT2D eigenvalue weighted by molar-refractivity contribution is 9.10. The van der Waals surface area contributed by atoms with Crippen LogP contribution in [-0.4, -0.2) is 18.0 Å². The molecular weight excluding hydrogens is 310 g/mol. The lowest BCUT2D eigenvalue weighted by Crippen LogP contribution is -2.20. The van der Waals surface area contributed by atoms with E-state index in [2.05, 4.69) is 15.9 Å². The van der Waals surface area contributed by atoms with E-state index in [1.54, 1.807) is 19.9 Å². The van der Waals surface area contributed by atoms with Crippen LogP contribution in [0.15, 0.2) is 16.6 Å². The van der Waals surface area contributed by atoms with Crippen LogP contribution < -0.4 is 0 Å². The lowest BCUT2D eigenvalue weighted by molar-refractivity contribution is -0.142. The molecule has 0 saturated carbocycles. The Labute approximate surface area is 113 Å². The molecule has 0 fully saturated rings. The van der Waals surface area contributed by atoms with Crippen LogP contribution in [0.1, 0.15) is 18.1 Å². The summed E-state index contributed by atoms with van der Waals surface area (Å²) < 4.78 is 18.4. The number of esters is 1. The van der Waals surface area contributed by atoms with E-state index in [1.165, 1.54) is 6.07 Å². The molecule has 0 bridgehead atoms. The average molecular weight is 324 g/mol. The van der Waals surface area contributed by atoms with Crippen molar-refractivity contribution in [1.82, 2.24) is 0 Å². The monoisotopic (exact) mass is 322 g/mol. The molecule has 1 aromatic carbocycles. The highest BCUT2D eigenvalue weighted by atomic mass is 79.9. The third-order valence-corrected chi connectivity index (χ3v) is 3.26. The van der Waals surface area contributed by atoms with Gasteiger partial charge in [0, 0.05) is 0 Å². The van der Waals surface area contributed by atoms with Crippen LogP contribution in [0.25, 0.3) is 0 Å². The van der Waals surface area contributed by atoms with Crippen molar-refractivity contribution >= 4 is 33.5 Å². The van der Waals surface area contributed by atoms with Crippen LogP contribution in [0.2, 0.25) is 0 Å². The number of hydrogen-bond acceptors (Lipinski definition) is 2. The molecule has 0 radical (unpaired) electrons. The maximum atomic E-state index is 13.2. The van der Waals surface area contributed by atoms with Crippen molar-refractivity contribution in [2.45, 2.75) is 25.6 Å². The van der Waals surface area contributed by atoms with Crippen molar-refractivity contribution < 1.29 is 13.9 Å². The molecule has 5 heteroatoms. The predicted molar refractivity (Wildman–Crippen MR) is 68.8 cm³/mol. The Balaban J connectivity index is 2.81. The molecule has 1 rings (SSSR count). The molecule has 0 aromatic heterocycles. The minimum absolute atomic E-state index is 0.300. The van der Waals surface area contributed by atoms with E-state index in [0.29, 0.717) is 17.5 Å². The highest BCUT2D eigenvalue weighted by Crippen LogP contribution is 2.22. The Kier molecular flexibility index (Phi) is 5.40. The molecule has 17 heavy (non-hydrogen) atoms. The highest BCUT2D eigenvalue weighted by Gasteiger charge is 2.18. The summed E-state index contributed by atoms with van der Waals surface area (Å²) in [5.41, 5.74) is 1.59. The zero-order valence-electron chi connectivity index (χ0n) is 9.60. The first-order valence-electron chi connectivity index (χ1n) is 5.21. The van der Waals surface area contributed by atoms with Gasteiger partial charge in [-0.3, -0.25) is 4.79 Å². The van der Waals surface area contributed by atoms with Gasteiger partial charge in [0.2, 0.25) is 0 Å². The Morgan fingerprint density at radius 3 is 2.82 bits per heavy atom. The predicted octanol–water partition coefficient (Wildman–Crippen LogP) is 3.61. The van der Waals surface area contributed by atoms with Crippen molar-refractivity contribution in [3.05, 3.63) is 33.5 Å². The Morgan fingerprint density at radius 1 is 1.59 bits per heavy atom. The van der Waals surface area contributed by atoms with E-state index in [-0.39, 0.29) is 5.82 Å². The van der Waals surface area contributed by atoms with Gasteiger partial charge in [-0.15, -0.1) is 11.6 Å². The maximum absolute atomic E-state index is 13.2. The lowest BCUT2D eigenvalue weighted by Gasteiger charge is -2.11. The number of aryl methyl sites for hydroxylation is 1. The molecule has 1 aromatic rings. The van der Waals surface area contributed by atoms with E-state index >= 15 is 0 Å². The SMILES string of the molecule is CCOC(=O)C(Cl)Cc1cc(Br)c(F)cc1C. The number of alkyl halides is 1. The summed E-state index contributed by atoms with van der Waals surface area (Å²) in [6.07, 6.45) is 0.325. The summed E-state index contributed by atoms with van der Waals surface area (Å²) in [7, 11) is 0. The third-order valence-electron chi connectivity index (χ3n) is 2.32. The van der Waals surface area contributed by atoms with E-state index in [0.717, 1.165) is 11.1 Å². The fourth-order valence-corrected chi connectivity index (χ4v) is 2.04. The van der Waals surface area contributed by atoms with Gasteiger partial charge < -0.3 is 4.74 Å². The topological polar surface area (TPSA) is 26.3 Å². The van der Waals surface area contributed by atoms with Crippen LogP contribution in [0.3, 0.4) is 0 Å². The van der Waals surface area contributed by atoms with Gasteiger partial charge in [0.15, 0.2) is 0 Å². The van der Waals surface area contributed by atoms with Crippen LogP contribution in [-0.2, 0) is 16.0 Å². The summed E-state index contributed by atoms with van der Waals surface area (Å²) in [6.45, 7) is 3.80. The number of benzene rings is 1. The third kappa shape index (κ3) is 3.96. The maximum Gasteiger partial charge on any atom is 0.324 e. The molecule has 2 nitrogen and oxygen atoms in total. The molecule has 0 heterocycles. The molecule has 0 N–H and O–H groups in total. The molecule has 94 valence electrons. The fraction of sp³-hybridized carbons (Fsp3) is 0.417. The van der Waals surface area contributed by atoms with Gasteiger partial charge in [0.25, 0.3) is 0 Å². The Hall–Kier alpha value is -0.610. The van der Waals surface area contributed by atoms with Crippen molar-refractivity contribution in [2.75, 3.05) is 6.61 Å². The molecule has 1 atom stereocenters. The summed E-state index contributed by atoms with van der Waals surface area (Å²) in [5, 5.41) is -0.744. The van der Waals surface area contributed by atoms with Crippen LogP contribution in [0.5, 0.6) is 0 Å². The summed E-state index contributed by atoms with van der Waals surface area (Å²) in [4.78, 5) is 11.4. The summed E-state index contributed by atoms with van der Waals surface area (Å²) >= 11 is 9.03. The number of hydrogen-bond donors (Lipinski definition) is 0. The minimum Gasteiger partial charge on any atom is -0.465 e. The number of ether oxygens (including phenoxy) is 1. The van der Waals surface area contributed by atoms with Crippen LogP contribution in [0, 0.1) is 12.7 Å². The van der Waals surface area contributed by atoms with E-state index in [4.69, 9.17) is 16.3 Å². The zero-order chi connectivity index (χ0) is 13.0. The van der Waals surface area contributed by atoms with E-state index < -0.39 is 11.3 Å². The van der Waals surface area contributed by atoms with Gasteiger partial charge in [0.1, 0.15) is 11.2 Å². The second kappa shape index (κ2) is 6.36. The van der Waals surface area contributed by atoms with Crippen molar-refractivity contribution in [3.8, 4) is 0 Å². The molecule has 0 aliphatic carbocycles. The van der Waals surface area contributed by atoms with Crippen LogP contribution >= 0.6 is 27.5 Å². The van der Waals surface area contributed by atoms with Crippen molar-refractivity contribution in [2.24, 2.45) is 0 Å². The lowest BCUT2D eigenvalue weighted by atomic mass is 10.0. The summed E-state index contributed by atoms with van der Waals surface area (Å²) in [6, 6.07) is 3.05. The quantitative estimate of drug-likeness (QED) is 0.625. The van der Waals surface area contributed by atoms with Gasteiger partial charge in [-0.05, 0) is 59.5 Å². The second-order valence-corrected chi connectivity index (χ2v) is 5.00. The van der Waals surface area contributed by atoms with Gasteiger partial charge in [-0.1, -0.05) is 0 Å². The first-order chi connectivity index (χ1) is 7.95. The normalized spacial score (nSPS) is 12.3. The smallest absolute Gasteiger partial charge is 0.324 e. The Morgan fingerprint density at radius 2 is 2.24 bits per heavy atom. The molecular formula is C12H13BrClFO2. The van der Waals surface area contributed by atoms with Gasteiger partial charge in [-0.2, -0.15) is 0 Å². The van der Waals surface area contributed by atoms with Crippen molar-refractivity contribution in [3.63, 3.8) is 0 Å². The molecule has 0 aliphatic rings. The number of carbonyl (C=O) groups is 1. The standard InChI is InChI=1S/C12H13BrClFO2/c1-3-17-12(16)10(14)6-8-5-9(13)11(15)4-7(8)2/h4-5,10H,3,6H2,1-2H3. The first-order valence-corrected chi connectivity index (χ1v) is 6.43. The molecule has 0 aliphatic heterocycles. The molecule has 0 amide bonds. The molecule has 0 saturated heterocycles. The van der Waals surface area contributed by atoms with Gasteiger partial charge in [0.05, 0.1) is 11.1 Å². The zero-order valence-corrected chi connectivity index (χ0v) is 11.9. The van der Waals surface area contributed by atoms with Gasteiger partial charge in [-0.25, -0.2) is 4.39 Å². The second-order valence-electron chi connectivity index (χ2n) is 3.62. The van der Waals surface area contributed by atoms with E-state index in [1.807, 2.05) is 0 Å². The first kappa shape index (κ1) is 14.5. The van der Waals surface area contributed by atoms with Crippen LogP contribution in [0.4, 0.5) is 4.39 Å². The molecule has 1 unspecified atom stereocenters. The summed E-state index contributed by atoms with van der Waals surface area (Å²) in [5.74, 6) is -0.775. The fourth-order valence-electron chi connectivity index (χ4n) is 1.42. The largest absolute Gasteiger partial charge is 0.465 e. The van der Waals surface area contributed by atoms with Gasteiger partial charge >= 0.3 is 5.97 Å². The Bertz CT molecular complexity index is 423. The minimum atomic E-state index is -0.744. The number of rotatable bonds is 4. The number of halogens is 3.